The summed E-state index contributed by atoms with van der Waals surface area (Å²) in [4.78, 5) is 17.3. The van der Waals surface area contributed by atoms with Crippen LogP contribution in [0.4, 0.5) is 17.5 Å². The Kier molecular flexibility index (Phi) is 7.22. The Bertz CT molecular complexity index is 1130. The van der Waals surface area contributed by atoms with Crippen molar-refractivity contribution in [2.24, 2.45) is 0 Å². The van der Waals surface area contributed by atoms with E-state index in [1.54, 1.807) is 6.20 Å². The highest BCUT2D eigenvalue weighted by molar-refractivity contribution is 5.87. The van der Waals surface area contributed by atoms with Crippen molar-refractivity contribution in [3.8, 4) is 0 Å². The van der Waals surface area contributed by atoms with Gasteiger partial charge in [0.05, 0.1) is 5.92 Å². The van der Waals surface area contributed by atoms with E-state index in [1.165, 1.54) is 0 Å². The lowest BCUT2D eigenvalue weighted by molar-refractivity contribution is -0.121. The van der Waals surface area contributed by atoms with E-state index in [0.29, 0.717) is 24.7 Å². The molecular weight excluding hydrogens is 412 g/mol. The zero-order chi connectivity index (χ0) is 22.9. The summed E-state index contributed by atoms with van der Waals surface area (Å²) in [6.45, 7) is 3.00. The average Bonchev–Trinajstić information content (AvgIpc) is 2.84. The lowest BCUT2D eigenvalue weighted by atomic mass is 9.90. The minimum atomic E-state index is -0.354. The fourth-order valence-corrected chi connectivity index (χ4v) is 3.49. The average molecular weight is 439 g/mol. The van der Waals surface area contributed by atoms with Crippen molar-refractivity contribution < 1.29 is 4.79 Å². The van der Waals surface area contributed by atoms with Gasteiger partial charge in [-0.15, -0.1) is 10.2 Å². The van der Waals surface area contributed by atoms with Gasteiger partial charge in [-0.05, 0) is 47.9 Å². The summed E-state index contributed by atoms with van der Waals surface area (Å²) >= 11 is 0. The van der Waals surface area contributed by atoms with Crippen molar-refractivity contribution in [2.45, 2.75) is 12.8 Å². The molecule has 166 valence electrons. The largest absolute Gasteiger partial charge is 0.367 e. The lowest BCUT2D eigenvalue weighted by Crippen LogP contribution is -2.33. The van der Waals surface area contributed by atoms with Gasteiger partial charge in [0.15, 0.2) is 5.82 Å². The van der Waals surface area contributed by atoms with Gasteiger partial charge in [0.2, 0.25) is 5.91 Å². The van der Waals surface area contributed by atoms with Crippen LogP contribution in [0.5, 0.6) is 0 Å². The first-order chi connectivity index (χ1) is 16.2. The molecule has 0 unspecified atom stereocenters. The third-order valence-electron chi connectivity index (χ3n) is 5.09. The van der Waals surface area contributed by atoms with Crippen LogP contribution in [0.1, 0.15) is 22.6 Å². The van der Waals surface area contributed by atoms with E-state index in [0.717, 1.165) is 22.5 Å². The smallest absolute Gasteiger partial charge is 0.232 e. The van der Waals surface area contributed by atoms with Crippen LogP contribution >= 0.6 is 0 Å². The van der Waals surface area contributed by atoms with Gasteiger partial charge in [0, 0.05) is 19.3 Å². The maximum Gasteiger partial charge on any atom is 0.232 e. The van der Waals surface area contributed by atoms with Crippen molar-refractivity contribution in [3.63, 3.8) is 0 Å². The highest BCUT2D eigenvalue weighted by Crippen LogP contribution is 2.24. The van der Waals surface area contributed by atoms with Crippen molar-refractivity contribution in [3.05, 3.63) is 108 Å². The second kappa shape index (κ2) is 10.9. The molecule has 7 nitrogen and oxygen atoms in total. The van der Waals surface area contributed by atoms with Crippen LogP contribution in [-0.4, -0.2) is 34.2 Å². The molecule has 0 bridgehead atoms. The summed E-state index contributed by atoms with van der Waals surface area (Å²) in [5, 5.41) is 17.7. The van der Waals surface area contributed by atoms with Gasteiger partial charge in [0.25, 0.3) is 0 Å². The van der Waals surface area contributed by atoms with E-state index in [9.17, 15) is 4.79 Å². The number of carbonyl (C=O) groups is 1. The van der Waals surface area contributed by atoms with Gasteiger partial charge < -0.3 is 16.0 Å². The van der Waals surface area contributed by atoms with Gasteiger partial charge in [0.1, 0.15) is 11.6 Å². The van der Waals surface area contributed by atoms with Gasteiger partial charge in [-0.1, -0.05) is 60.7 Å². The highest BCUT2D eigenvalue weighted by atomic mass is 16.1. The molecule has 2 heterocycles. The standard InChI is InChI=1S/C26H26N6O/c1-19-14-15-27-24(18-19)30-23-13-12-22(31-32-23)28-16-17-29-26(33)25(20-8-4-2-5-9-20)21-10-6-3-7-11-21/h2-15,18,25H,16-17H2,1H3,(H,28,31)(H,29,33)(H,27,30,32). The first-order valence-corrected chi connectivity index (χ1v) is 10.8. The number of pyridine rings is 1. The van der Waals surface area contributed by atoms with Gasteiger partial charge in [-0.3, -0.25) is 4.79 Å². The first-order valence-electron chi connectivity index (χ1n) is 10.8. The molecule has 33 heavy (non-hydrogen) atoms. The number of aryl methyl sites for hydroxylation is 1. The molecular formula is C26H26N6O. The third kappa shape index (κ3) is 6.13. The highest BCUT2D eigenvalue weighted by Gasteiger charge is 2.21. The minimum Gasteiger partial charge on any atom is -0.367 e. The molecule has 4 aromatic rings. The zero-order valence-corrected chi connectivity index (χ0v) is 18.4. The topological polar surface area (TPSA) is 91.8 Å². The molecule has 0 spiro atoms. The predicted octanol–water partition coefficient (Wildman–Crippen LogP) is 4.28. The first kappa shape index (κ1) is 22.0. The minimum absolute atomic E-state index is 0.0366. The molecule has 7 heteroatoms. The molecule has 4 rings (SSSR count). The monoisotopic (exact) mass is 438 g/mol. The Morgan fingerprint density at radius 2 is 1.42 bits per heavy atom. The number of rotatable bonds is 9. The zero-order valence-electron chi connectivity index (χ0n) is 18.4. The second-order valence-electron chi connectivity index (χ2n) is 7.62. The molecule has 2 aromatic carbocycles. The Morgan fingerprint density at radius 1 is 0.788 bits per heavy atom. The second-order valence-corrected chi connectivity index (χ2v) is 7.62. The Labute approximate surface area is 193 Å². The summed E-state index contributed by atoms with van der Waals surface area (Å²) in [6.07, 6.45) is 1.75. The number of anilines is 3. The fourth-order valence-electron chi connectivity index (χ4n) is 3.49. The normalized spacial score (nSPS) is 10.6. The van der Waals surface area contributed by atoms with Crippen molar-refractivity contribution in [1.29, 1.82) is 0 Å². The van der Waals surface area contributed by atoms with E-state index in [1.807, 2.05) is 91.9 Å². The van der Waals surface area contributed by atoms with Gasteiger partial charge in [-0.25, -0.2) is 4.98 Å². The number of hydrogen-bond acceptors (Lipinski definition) is 6. The van der Waals surface area contributed by atoms with Crippen molar-refractivity contribution in [1.82, 2.24) is 20.5 Å². The number of aromatic nitrogens is 3. The van der Waals surface area contributed by atoms with Crippen LogP contribution in [-0.2, 0) is 4.79 Å². The molecule has 0 saturated carbocycles. The Balaban J connectivity index is 1.30. The summed E-state index contributed by atoms with van der Waals surface area (Å²) in [5.74, 6) is 1.58. The van der Waals surface area contributed by atoms with E-state index >= 15 is 0 Å². The van der Waals surface area contributed by atoms with E-state index in [2.05, 4.69) is 31.1 Å². The summed E-state index contributed by atoms with van der Waals surface area (Å²) in [7, 11) is 0. The third-order valence-corrected chi connectivity index (χ3v) is 5.09. The SMILES string of the molecule is Cc1ccnc(Nc2ccc(NCCNC(=O)C(c3ccccc3)c3ccccc3)nn2)c1. The van der Waals surface area contributed by atoms with Crippen molar-refractivity contribution in [2.75, 3.05) is 23.7 Å². The van der Waals surface area contributed by atoms with E-state index in [4.69, 9.17) is 0 Å². The number of hydrogen-bond donors (Lipinski definition) is 3. The molecule has 0 fully saturated rings. The molecule has 0 radical (unpaired) electrons. The van der Waals surface area contributed by atoms with Crippen LogP contribution in [0.25, 0.3) is 0 Å². The molecule has 0 aliphatic carbocycles. The summed E-state index contributed by atoms with van der Waals surface area (Å²) < 4.78 is 0. The molecule has 0 saturated heterocycles. The van der Waals surface area contributed by atoms with Crippen LogP contribution in [0, 0.1) is 6.92 Å². The van der Waals surface area contributed by atoms with Gasteiger partial charge in [-0.2, -0.15) is 0 Å². The van der Waals surface area contributed by atoms with Gasteiger partial charge >= 0.3 is 0 Å². The maximum absolute atomic E-state index is 13.0. The predicted molar refractivity (Wildman–Crippen MR) is 131 cm³/mol. The van der Waals surface area contributed by atoms with Crippen LogP contribution in [0.2, 0.25) is 0 Å². The molecule has 1 amide bonds. The Hall–Kier alpha value is -4.26. The number of benzene rings is 2. The molecule has 0 aliphatic rings. The van der Waals surface area contributed by atoms with E-state index in [-0.39, 0.29) is 11.8 Å². The quantitative estimate of drug-likeness (QED) is 0.338. The molecule has 2 aromatic heterocycles. The number of nitrogens with one attached hydrogen (secondary N) is 3. The molecule has 0 aliphatic heterocycles. The molecule has 3 N–H and O–H groups in total. The lowest BCUT2D eigenvalue weighted by Gasteiger charge is -2.18. The van der Waals surface area contributed by atoms with E-state index < -0.39 is 0 Å². The van der Waals surface area contributed by atoms with Crippen LogP contribution in [0.15, 0.2) is 91.1 Å². The fraction of sp³-hybridized carbons (Fsp3) is 0.154. The van der Waals surface area contributed by atoms with Crippen LogP contribution < -0.4 is 16.0 Å². The van der Waals surface area contributed by atoms with Crippen LogP contribution in [0.3, 0.4) is 0 Å². The molecule has 0 atom stereocenters. The number of nitrogens with zero attached hydrogens (tertiary/aromatic N) is 3. The Morgan fingerprint density at radius 3 is 2.03 bits per heavy atom. The number of carbonyl (C=O) groups excluding carboxylic acids is 1. The summed E-state index contributed by atoms with van der Waals surface area (Å²) in [6, 6.07) is 27.2. The van der Waals surface area contributed by atoms with Crippen molar-refractivity contribution >= 4 is 23.4 Å². The maximum atomic E-state index is 13.0. The number of amides is 1. The summed E-state index contributed by atoms with van der Waals surface area (Å²) in [5.41, 5.74) is 3.04.